The average Bonchev–Trinajstić information content (AvgIpc) is 2.93. The van der Waals surface area contributed by atoms with Crippen molar-refractivity contribution >= 4 is 23.1 Å². The first-order valence-corrected chi connectivity index (χ1v) is 12.4. The summed E-state index contributed by atoms with van der Waals surface area (Å²) >= 11 is 6.12. The maximum Gasteiger partial charge on any atom is 0.344 e. The van der Waals surface area contributed by atoms with E-state index in [2.05, 4.69) is 16.8 Å². The number of pyridine rings is 1. The van der Waals surface area contributed by atoms with Crippen LogP contribution in [0.1, 0.15) is 34.9 Å². The summed E-state index contributed by atoms with van der Waals surface area (Å²) in [5.41, 5.74) is 5.43. The number of carboxylic acid groups (broad SMARTS) is 1. The Hall–Kier alpha value is -4.53. The Labute approximate surface area is 227 Å². The van der Waals surface area contributed by atoms with Crippen LogP contribution in [0.15, 0.2) is 97.2 Å². The fourth-order valence-electron chi connectivity index (χ4n) is 3.64. The van der Waals surface area contributed by atoms with E-state index in [1.807, 2.05) is 85.8 Å². The Kier molecular flexibility index (Phi) is 8.81. The van der Waals surface area contributed by atoms with Crippen molar-refractivity contribution in [2.45, 2.75) is 20.0 Å². The molecule has 0 aliphatic rings. The summed E-state index contributed by atoms with van der Waals surface area (Å²) in [5, 5.41) is 9.74. The van der Waals surface area contributed by atoms with Crippen LogP contribution < -0.4 is 9.47 Å². The standard InChI is InChI=1S/C32H26ClNO4/c1-22-21-29(16-17-31(22)38-23(2)32(35)36)37-20-18-30(26-11-13-27(33)14-12-26)25-9-6-24(7-10-25)8-15-28-5-3-4-19-34-28/h3-7,9-14,16-19,21,23H,20H2,1-2H3,(H,35,36)/b30-18+. The predicted octanol–water partition coefficient (Wildman–Crippen LogP) is 6.81. The quantitative estimate of drug-likeness (QED) is 0.257. The Morgan fingerprint density at radius 2 is 1.71 bits per heavy atom. The molecule has 4 aromatic rings. The molecule has 0 amide bonds. The molecule has 0 aliphatic heterocycles. The SMILES string of the molecule is Cc1cc(OC/C=C(/c2ccc(Cl)cc2)c2ccc(C#Cc3ccccn3)cc2)ccc1OC(C)C(=O)O. The molecule has 0 bridgehead atoms. The zero-order valence-electron chi connectivity index (χ0n) is 21.0. The molecule has 38 heavy (non-hydrogen) atoms. The molecule has 1 aromatic heterocycles. The van der Waals surface area contributed by atoms with E-state index < -0.39 is 12.1 Å². The molecule has 0 radical (unpaired) electrons. The first kappa shape index (κ1) is 26.5. The smallest absolute Gasteiger partial charge is 0.344 e. The van der Waals surface area contributed by atoms with Crippen LogP contribution in [-0.2, 0) is 4.79 Å². The Balaban J connectivity index is 1.52. The normalized spacial score (nSPS) is 11.7. The number of aromatic nitrogens is 1. The highest BCUT2D eigenvalue weighted by atomic mass is 35.5. The third kappa shape index (κ3) is 7.25. The van der Waals surface area contributed by atoms with E-state index in [0.717, 1.165) is 33.5 Å². The number of carboxylic acids is 1. The van der Waals surface area contributed by atoms with Crippen LogP contribution >= 0.6 is 11.6 Å². The first-order chi connectivity index (χ1) is 18.4. The number of aryl methyl sites for hydroxylation is 1. The van der Waals surface area contributed by atoms with Gasteiger partial charge in [-0.25, -0.2) is 9.78 Å². The van der Waals surface area contributed by atoms with Gasteiger partial charge in [0.1, 0.15) is 23.8 Å². The monoisotopic (exact) mass is 523 g/mol. The van der Waals surface area contributed by atoms with Gasteiger partial charge in [0, 0.05) is 16.8 Å². The van der Waals surface area contributed by atoms with Crippen LogP contribution in [0.3, 0.4) is 0 Å². The number of benzene rings is 3. The van der Waals surface area contributed by atoms with Gasteiger partial charge < -0.3 is 14.6 Å². The maximum atomic E-state index is 11.1. The number of ether oxygens (including phenoxy) is 2. The fraction of sp³-hybridized carbons (Fsp3) is 0.125. The summed E-state index contributed by atoms with van der Waals surface area (Å²) in [6.45, 7) is 3.67. The van der Waals surface area contributed by atoms with Gasteiger partial charge in [-0.05, 0) is 103 Å². The van der Waals surface area contributed by atoms with Crippen molar-refractivity contribution in [3.8, 4) is 23.3 Å². The molecule has 4 rings (SSSR count). The molecule has 3 aromatic carbocycles. The zero-order valence-corrected chi connectivity index (χ0v) is 21.8. The third-order valence-corrected chi connectivity index (χ3v) is 5.94. The third-order valence-electron chi connectivity index (χ3n) is 5.69. The van der Waals surface area contributed by atoms with Crippen LogP contribution in [0.2, 0.25) is 5.02 Å². The van der Waals surface area contributed by atoms with E-state index >= 15 is 0 Å². The molecule has 190 valence electrons. The van der Waals surface area contributed by atoms with Crippen LogP contribution in [0.5, 0.6) is 11.5 Å². The van der Waals surface area contributed by atoms with Gasteiger partial charge in [0.25, 0.3) is 0 Å². The van der Waals surface area contributed by atoms with Crippen molar-refractivity contribution in [3.63, 3.8) is 0 Å². The van der Waals surface area contributed by atoms with Crippen molar-refractivity contribution in [1.82, 2.24) is 4.98 Å². The van der Waals surface area contributed by atoms with Gasteiger partial charge in [-0.15, -0.1) is 0 Å². The minimum Gasteiger partial charge on any atom is -0.489 e. The number of hydrogen-bond acceptors (Lipinski definition) is 4. The van der Waals surface area contributed by atoms with Crippen LogP contribution in [-0.4, -0.2) is 28.8 Å². The van der Waals surface area contributed by atoms with Crippen LogP contribution in [0, 0.1) is 18.8 Å². The second-order valence-corrected chi connectivity index (χ2v) is 8.94. The molecule has 5 nitrogen and oxygen atoms in total. The Morgan fingerprint density at radius 3 is 2.34 bits per heavy atom. The van der Waals surface area contributed by atoms with Gasteiger partial charge in [-0.3, -0.25) is 0 Å². The summed E-state index contributed by atoms with van der Waals surface area (Å²) in [7, 11) is 0. The molecule has 0 aliphatic carbocycles. The molecule has 0 fully saturated rings. The van der Waals surface area contributed by atoms with E-state index in [0.29, 0.717) is 23.1 Å². The van der Waals surface area contributed by atoms with E-state index in [1.165, 1.54) is 6.92 Å². The average molecular weight is 524 g/mol. The molecular formula is C32H26ClNO4. The van der Waals surface area contributed by atoms with E-state index in [1.54, 1.807) is 18.3 Å². The molecule has 1 atom stereocenters. The lowest BCUT2D eigenvalue weighted by molar-refractivity contribution is -0.144. The minimum atomic E-state index is -1.02. The summed E-state index contributed by atoms with van der Waals surface area (Å²) in [6, 6.07) is 26.7. The Bertz CT molecular complexity index is 1480. The van der Waals surface area contributed by atoms with Gasteiger partial charge in [-0.2, -0.15) is 0 Å². The van der Waals surface area contributed by atoms with Crippen molar-refractivity contribution in [1.29, 1.82) is 0 Å². The number of aliphatic carboxylic acids is 1. The second-order valence-electron chi connectivity index (χ2n) is 8.50. The second kappa shape index (κ2) is 12.6. The molecule has 1 N–H and O–H groups in total. The highest BCUT2D eigenvalue weighted by Gasteiger charge is 2.14. The lowest BCUT2D eigenvalue weighted by Gasteiger charge is -2.14. The highest BCUT2D eigenvalue weighted by Crippen LogP contribution is 2.27. The van der Waals surface area contributed by atoms with E-state index in [4.69, 9.17) is 26.2 Å². The van der Waals surface area contributed by atoms with Crippen molar-refractivity contribution in [2.24, 2.45) is 0 Å². The summed E-state index contributed by atoms with van der Waals surface area (Å²) in [6.07, 6.45) is 2.81. The zero-order chi connectivity index (χ0) is 26.9. The van der Waals surface area contributed by atoms with Crippen molar-refractivity contribution < 1.29 is 19.4 Å². The fourth-order valence-corrected chi connectivity index (χ4v) is 3.77. The minimum absolute atomic E-state index is 0.324. The molecule has 0 saturated carbocycles. The summed E-state index contributed by atoms with van der Waals surface area (Å²) in [4.78, 5) is 15.3. The van der Waals surface area contributed by atoms with Crippen molar-refractivity contribution in [2.75, 3.05) is 6.61 Å². The van der Waals surface area contributed by atoms with Gasteiger partial charge in [0.05, 0.1) is 0 Å². The largest absolute Gasteiger partial charge is 0.489 e. The van der Waals surface area contributed by atoms with E-state index in [-0.39, 0.29) is 0 Å². The molecule has 1 unspecified atom stereocenters. The molecule has 6 heteroatoms. The molecular weight excluding hydrogens is 498 g/mol. The van der Waals surface area contributed by atoms with Crippen molar-refractivity contribution in [3.05, 3.63) is 130 Å². The molecule has 0 spiro atoms. The van der Waals surface area contributed by atoms with Crippen LogP contribution in [0.25, 0.3) is 5.57 Å². The number of hydrogen-bond donors (Lipinski definition) is 1. The first-order valence-electron chi connectivity index (χ1n) is 12.0. The summed E-state index contributed by atoms with van der Waals surface area (Å²) in [5.74, 6) is 6.38. The topological polar surface area (TPSA) is 68.7 Å². The van der Waals surface area contributed by atoms with Gasteiger partial charge in [0.15, 0.2) is 6.10 Å². The van der Waals surface area contributed by atoms with Gasteiger partial charge in [-0.1, -0.05) is 47.9 Å². The maximum absolute atomic E-state index is 11.1. The number of rotatable bonds is 8. The van der Waals surface area contributed by atoms with Gasteiger partial charge in [0.2, 0.25) is 0 Å². The molecule has 0 saturated heterocycles. The van der Waals surface area contributed by atoms with E-state index in [9.17, 15) is 4.79 Å². The lowest BCUT2D eigenvalue weighted by atomic mass is 9.97. The Morgan fingerprint density at radius 1 is 1.00 bits per heavy atom. The van der Waals surface area contributed by atoms with Gasteiger partial charge >= 0.3 is 5.97 Å². The predicted molar refractivity (Wildman–Crippen MR) is 150 cm³/mol. The highest BCUT2D eigenvalue weighted by molar-refractivity contribution is 6.30. The molecule has 1 heterocycles. The van der Waals surface area contributed by atoms with Crippen LogP contribution in [0.4, 0.5) is 0 Å². The number of nitrogens with zero attached hydrogens (tertiary/aromatic N) is 1. The number of carbonyl (C=O) groups is 1. The number of halogens is 1. The summed E-state index contributed by atoms with van der Waals surface area (Å²) < 4.78 is 11.5. The lowest BCUT2D eigenvalue weighted by Crippen LogP contribution is -2.23.